The number of para-hydroxylation sites is 1. The van der Waals surface area contributed by atoms with Gasteiger partial charge in [0.1, 0.15) is 0 Å². The number of benzene rings is 3. The first-order chi connectivity index (χ1) is 14.8. The highest BCUT2D eigenvalue weighted by Crippen LogP contribution is 2.20. The van der Waals surface area contributed by atoms with Gasteiger partial charge in [-0.05, 0) is 56.3 Å². The summed E-state index contributed by atoms with van der Waals surface area (Å²) < 4.78 is 33.0. The Morgan fingerprint density at radius 3 is 2.35 bits per heavy atom. The molecule has 1 amide bonds. The fourth-order valence-electron chi connectivity index (χ4n) is 2.81. The van der Waals surface area contributed by atoms with Crippen molar-refractivity contribution in [2.24, 2.45) is 0 Å². The van der Waals surface area contributed by atoms with E-state index in [-0.39, 0.29) is 28.3 Å². The van der Waals surface area contributed by atoms with Crippen LogP contribution in [0.1, 0.15) is 33.2 Å². The summed E-state index contributed by atoms with van der Waals surface area (Å²) in [5.74, 6) is -1.11. The highest BCUT2D eigenvalue weighted by atomic mass is 32.2. The number of ether oxygens (including phenoxy) is 1. The molecule has 0 aliphatic rings. The van der Waals surface area contributed by atoms with Crippen LogP contribution in [-0.4, -0.2) is 26.9 Å². The molecular formula is C23H22N2O5S. The molecule has 8 heteroatoms. The summed E-state index contributed by atoms with van der Waals surface area (Å²) in [6, 6.07) is 19.0. The molecule has 0 aromatic heterocycles. The second-order valence-corrected chi connectivity index (χ2v) is 8.40. The molecule has 0 bridgehead atoms. The van der Waals surface area contributed by atoms with Crippen molar-refractivity contribution < 1.29 is 22.7 Å². The molecule has 2 N–H and O–H groups in total. The number of hydrogen-bond acceptors (Lipinski definition) is 5. The van der Waals surface area contributed by atoms with Crippen LogP contribution in [-0.2, 0) is 14.8 Å². The minimum absolute atomic E-state index is 0.0561. The maximum atomic E-state index is 12.7. The number of nitrogens with one attached hydrogen (secondary N) is 2. The largest absolute Gasteiger partial charge is 0.462 e. The van der Waals surface area contributed by atoms with Gasteiger partial charge < -0.3 is 10.1 Å². The molecule has 7 nitrogen and oxygen atoms in total. The first-order valence-corrected chi connectivity index (χ1v) is 11.1. The second kappa shape index (κ2) is 9.44. The topological polar surface area (TPSA) is 102 Å². The van der Waals surface area contributed by atoms with E-state index in [9.17, 15) is 18.0 Å². The highest BCUT2D eigenvalue weighted by Gasteiger charge is 2.18. The highest BCUT2D eigenvalue weighted by molar-refractivity contribution is 7.92. The van der Waals surface area contributed by atoms with Gasteiger partial charge in [-0.3, -0.25) is 9.52 Å². The Morgan fingerprint density at radius 2 is 1.65 bits per heavy atom. The van der Waals surface area contributed by atoms with Crippen molar-refractivity contribution >= 4 is 33.3 Å². The third-order valence-electron chi connectivity index (χ3n) is 4.38. The molecule has 0 saturated carbocycles. The number of sulfonamides is 1. The van der Waals surface area contributed by atoms with E-state index in [2.05, 4.69) is 10.0 Å². The quantitative estimate of drug-likeness (QED) is 0.538. The van der Waals surface area contributed by atoms with Gasteiger partial charge in [0.25, 0.3) is 15.9 Å². The fourth-order valence-corrected chi connectivity index (χ4v) is 3.92. The molecule has 3 rings (SSSR count). The van der Waals surface area contributed by atoms with Crippen LogP contribution in [0, 0.1) is 6.92 Å². The van der Waals surface area contributed by atoms with Crippen molar-refractivity contribution in [3.8, 4) is 0 Å². The summed E-state index contributed by atoms with van der Waals surface area (Å²) in [7, 11) is -3.89. The summed E-state index contributed by atoms with van der Waals surface area (Å²) in [6.45, 7) is 3.80. The summed E-state index contributed by atoms with van der Waals surface area (Å²) in [5, 5.41) is 2.65. The standard InChI is InChI=1S/C23H22N2O5S/c1-3-30-23(27)20-9-4-5-10-21(20)24-22(26)17-7-6-8-19(15-17)31(28,29)25-18-13-11-16(2)12-14-18/h4-15,25H,3H2,1-2H3,(H,24,26). The van der Waals surface area contributed by atoms with Crippen LogP contribution >= 0.6 is 0 Å². The van der Waals surface area contributed by atoms with Crippen molar-refractivity contribution in [3.63, 3.8) is 0 Å². The van der Waals surface area contributed by atoms with Crippen LogP contribution in [0.15, 0.2) is 77.7 Å². The number of anilines is 2. The fraction of sp³-hybridized carbons (Fsp3) is 0.130. The van der Waals surface area contributed by atoms with Crippen molar-refractivity contribution in [1.82, 2.24) is 0 Å². The Labute approximate surface area is 181 Å². The van der Waals surface area contributed by atoms with Gasteiger partial charge >= 0.3 is 5.97 Å². The van der Waals surface area contributed by atoms with Crippen molar-refractivity contribution in [1.29, 1.82) is 0 Å². The van der Waals surface area contributed by atoms with Gasteiger partial charge in [0.2, 0.25) is 0 Å². The van der Waals surface area contributed by atoms with Crippen LogP contribution in [0.5, 0.6) is 0 Å². The van der Waals surface area contributed by atoms with Gasteiger partial charge in [-0.2, -0.15) is 0 Å². The lowest BCUT2D eigenvalue weighted by atomic mass is 10.1. The lowest BCUT2D eigenvalue weighted by molar-refractivity contribution is 0.0527. The molecule has 0 spiro atoms. The third kappa shape index (κ3) is 5.49. The van der Waals surface area contributed by atoms with E-state index in [1.54, 1.807) is 55.5 Å². The van der Waals surface area contributed by atoms with Crippen molar-refractivity contribution in [2.45, 2.75) is 18.7 Å². The first kappa shape index (κ1) is 22.0. The number of carbonyl (C=O) groups excluding carboxylic acids is 2. The molecule has 0 unspecified atom stereocenters. The molecule has 0 fully saturated rings. The second-order valence-electron chi connectivity index (χ2n) is 6.72. The predicted octanol–water partition coefficient (Wildman–Crippen LogP) is 4.22. The Kier molecular flexibility index (Phi) is 6.71. The zero-order valence-corrected chi connectivity index (χ0v) is 17.9. The van der Waals surface area contributed by atoms with Crippen LogP contribution in [0.4, 0.5) is 11.4 Å². The third-order valence-corrected chi connectivity index (χ3v) is 5.76. The Hall–Kier alpha value is -3.65. The van der Waals surface area contributed by atoms with E-state index < -0.39 is 21.9 Å². The zero-order chi connectivity index (χ0) is 22.4. The van der Waals surface area contributed by atoms with Crippen LogP contribution in [0.2, 0.25) is 0 Å². The number of carbonyl (C=O) groups is 2. The van der Waals surface area contributed by atoms with E-state index in [4.69, 9.17) is 4.74 Å². The molecule has 0 heterocycles. The summed E-state index contributed by atoms with van der Waals surface area (Å²) in [5.41, 5.74) is 2.04. The van der Waals surface area contributed by atoms with Gasteiger partial charge in [0.05, 0.1) is 22.8 Å². The van der Waals surface area contributed by atoms with Crippen LogP contribution in [0.3, 0.4) is 0 Å². The molecule has 0 atom stereocenters. The number of aryl methyl sites for hydroxylation is 1. The Bertz CT molecular complexity index is 1200. The maximum Gasteiger partial charge on any atom is 0.340 e. The van der Waals surface area contributed by atoms with Crippen LogP contribution in [0.25, 0.3) is 0 Å². The van der Waals surface area contributed by atoms with Gasteiger partial charge in [0.15, 0.2) is 0 Å². The van der Waals surface area contributed by atoms with Gasteiger partial charge in [-0.15, -0.1) is 0 Å². The molecular weight excluding hydrogens is 416 g/mol. The minimum atomic E-state index is -3.89. The van der Waals surface area contributed by atoms with Gasteiger partial charge in [-0.1, -0.05) is 35.9 Å². The van der Waals surface area contributed by atoms with Gasteiger partial charge in [0, 0.05) is 11.3 Å². The van der Waals surface area contributed by atoms with E-state index in [1.165, 1.54) is 24.3 Å². The summed E-state index contributed by atoms with van der Waals surface area (Å²) in [4.78, 5) is 24.8. The zero-order valence-electron chi connectivity index (χ0n) is 17.1. The maximum absolute atomic E-state index is 12.7. The molecule has 0 radical (unpaired) electrons. The van der Waals surface area contributed by atoms with Crippen molar-refractivity contribution in [3.05, 3.63) is 89.5 Å². The number of esters is 1. The summed E-state index contributed by atoms with van der Waals surface area (Å²) >= 11 is 0. The normalized spacial score (nSPS) is 10.9. The molecule has 0 aliphatic heterocycles. The number of hydrogen-bond donors (Lipinski definition) is 2. The van der Waals surface area contributed by atoms with E-state index in [0.717, 1.165) is 5.56 Å². The molecule has 3 aromatic carbocycles. The van der Waals surface area contributed by atoms with E-state index in [0.29, 0.717) is 5.69 Å². The Balaban J connectivity index is 1.82. The molecule has 3 aromatic rings. The van der Waals surface area contributed by atoms with E-state index >= 15 is 0 Å². The number of rotatable bonds is 7. The van der Waals surface area contributed by atoms with Crippen molar-refractivity contribution in [2.75, 3.05) is 16.6 Å². The first-order valence-electron chi connectivity index (χ1n) is 9.57. The monoisotopic (exact) mass is 438 g/mol. The average Bonchev–Trinajstić information content (AvgIpc) is 2.76. The number of amides is 1. The predicted molar refractivity (Wildman–Crippen MR) is 119 cm³/mol. The lowest BCUT2D eigenvalue weighted by Gasteiger charge is -2.12. The Morgan fingerprint density at radius 1 is 0.935 bits per heavy atom. The van der Waals surface area contributed by atoms with E-state index in [1.807, 2.05) is 6.92 Å². The molecule has 0 aliphatic carbocycles. The molecule has 31 heavy (non-hydrogen) atoms. The van der Waals surface area contributed by atoms with Gasteiger partial charge in [-0.25, -0.2) is 13.2 Å². The minimum Gasteiger partial charge on any atom is -0.462 e. The smallest absolute Gasteiger partial charge is 0.340 e. The van der Waals surface area contributed by atoms with Crippen LogP contribution < -0.4 is 10.0 Å². The lowest BCUT2D eigenvalue weighted by Crippen LogP contribution is -2.17. The molecule has 160 valence electrons. The SMILES string of the molecule is CCOC(=O)c1ccccc1NC(=O)c1cccc(S(=O)(=O)Nc2ccc(C)cc2)c1. The summed E-state index contributed by atoms with van der Waals surface area (Å²) in [6.07, 6.45) is 0. The average molecular weight is 439 g/mol. The molecule has 0 saturated heterocycles.